The Labute approximate surface area is 476 Å². The first kappa shape index (κ1) is 56.8. The van der Waals surface area contributed by atoms with Crippen molar-refractivity contribution in [2.75, 3.05) is 13.2 Å². The van der Waals surface area contributed by atoms with E-state index in [1.54, 1.807) is 50.2 Å². The van der Waals surface area contributed by atoms with Crippen LogP contribution >= 0.6 is 31.9 Å². The molecule has 1 amide bonds. The molecule has 0 aliphatic heterocycles. The van der Waals surface area contributed by atoms with E-state index < -0.39 is 5.97 Å². The van der Waals surface area contributed by atoms with E-state index in [9.17, 15) is 24.3 Å². The van der Waals surface area contributed by atoms with Crippen molar-refractivity contribution < 1.29 is 33.8 Å². The highest BCUT2D eigenvalue weighted by atomic mass is 79.9. The van der Waals surface area contributed by atoms with E-state index in [0.717, 1.165) is 69.7 Å². The number of carbonyl (C=O) groups excluding carboxylic acids is 3. The lowest BCUT2D eigenvalue weighted by Gasteiger charge is -2.15. The molecular weight excluding hydrogens is 1120 g/mol. The number of carboxylic acids is 1. The summed E-state index contributed by atoms with van der Waals surface area (Å²) in [5.41, 5.74) is 18.4. The maximum absolute atomic E-state index is 13.0. The number of ether oxygens (including phenoxy) is 2. The monoisotopic (exact) mass is 1180 g/mol. The number of aromatic carboxylic acids is 1. The van der Waals surface area contributed by atoms with Gasteiger partial charge in [0.15, 0.2) is 0 Å². The van der Waals surface area contributed by atoms with E-state index in [4.69, 9.17) is 15.2 Å². The minimum Gasteiger partial charge on any atom is -0.478 e. The lowest BCUT2D eigenvalue weighted by Crippen LogP contribution is -2.26. The summed E-state index contributed by atoms with van der Waals surface area (Å²) in [7, 11) is 0. The number of rotatable bonds is 15. The fourth-order valence-corrected chi connectivity index (χ4v) is 9.61. The Kier molecular flexibility index (Phi) is 19.3. The molecule has 0 aliphatic rings. The Hall–Kier alpha value is -8.36. The summed E-state index contributed by atoms with van der Waals surface area (Å²) in [6.45, 7) is 9.57. The molecule has 13 heteroatoms. The topological polar surface area (TPSA) is 155 Å². The molecule has 10 rings (SSSR count). The molecule has 0 unspecified atom stereocenters. The van der Waals surface area contributed by atoms with E-state index in [1.165, 1.54) is 5.56 Å². The number of hydrogen-bond donors (Lipinski definition) is 3. The van der Waals surface area contributed by atoms with Crippen LogP contribution in [0.2, 0.25) is 0 Å². The summed E-state index contributed by atoms with van der Waals surface area (Å²) < 4.78 is 16.6. The molecule has 0 spiro atoms. The lowest BCUT2D eigenvalue weighted by atomic mass is 9.98. The molecule has 400 valence electrons. The second kappa shape index (κ2) is 26.8. The number of esters is 2. The Balaban J connectivity index is 0.000000181. The Morgan fingerprint density at radius 1 is 0.519 bits per heavy atom. The third-order valence-corrected chi connectivity index (χ3v) is 14.4. The molecule has 11 nitrogen and oxygen atoms in total. The summed E-state index contributed by atoms with van der Waals surface area (Å²) in [5, 5.41) is 14.2. The van der Waals surface area contributed by atoms with Crippen molar-refractivity contribution in [1.29, 1.82) is 0 Å². The quantitative estimate of drug-likeness (QED) is 0.0857. The summed E-state index contributed by atoms with van der Waals surface area (Å²) in [6, 6.07) is 62.3. The molecule has 79 heavy (non-hydrogen) atoms. The van der Waals surface area contributed by atoms with E-state index in [0.29, 0.717) is 43.0 Å². The molecule has 0 saturated heterocycles. The van der Waals surface area contributed by atoms with Crippen LogP contribution in [-0.2, 0) is 22.6 Å². The van der Waals surface area contributed by atoms with Crippen LogP contribution in [0.4, 0.5) is 0 Å². The average molecular weight is 1180 g/mol. The number of carbonyl (C=O) groups is 4. The second-order valence-corrected chi connectivity index (χ2v) is 20.6. The SMILES string of the molecule is CCOC(=O)c1ccc(-c2ccccc2Cn2ccc3cc(C(=O)N[C@@H](C)c4ccc(Br)cc4)ccc32)cc1.CCOC(=O)c1ccc(-c2ccccc2Cn2ccc3cc(C(=O)O)ccc32)cc1.C[C@H](N)c1ccc(Br)cc1. The third-order valence-electron chi connectivity index (χ3n) is 13.3. The zero-order valence-corrected chi connectivity index (χ0v) is 47.4. The molecule has 10 aromatic rings. The van der Waals surface area contributed by atoms with Crippen molar-refractivity contribution in [3.05, 3.63) is 260 Å². The van der Waals surface area contributed by atoms with Gasteiger partial charge in [-0.3, -0.25) is 4.79 Å². The lowest BCUT2D eigenvalue weighted by molar-refractivity contribution is 0.0517. The van der Waals surface area contributed by atoms with E-state index in [-0.39, 0.29) is 35.5 Å². The second-order valence-electron chi connectivity index (χ2n) is 18.7. The number of fused-ring (bicyclic) bond motifs is 2. The van der Waals surface area contributed by atoms with Crippen molar-refractivity contribution in [2.24, 2.45) is 5.73 Å². The van der Waals surface area contributed by atoms with E-state index >= 15 is 0 Å². The number of nitrogens with one attached hydrogen (secondary N) is 1. The molecule has 8 aromatic carbocycles. The van der Waals surface area contributed by atoms with Gasteiger partial charge in [0.05, 0.1) is 35.9 Å². The van der Waals surface area contributed by atoms with Crippen molar-refractivity contribution >= 4 is 77.5 Å². The predicted octanol–water partition coefficient (Wildman–Crippen LogP) is 15.5. The van der Waals surface area contributed by atoms with Crippen LogP contribution in [0.15, 0.2) is 215 Å². The van der Waals surface area contributed by atoms with Crippen molar-refractivity contribution in [1.82, 2.24) is 14.5 Å². The molecule has 2 aromatic heterocycles. The van der Waals surface area contributed by atoms with Crippen molar-refractivity contribution in [3.8, 4) is 22.3 Å². The summed E-state index contributed by atoms with van der Waals surface area (Å²) in [6.07, 6.45) is 4.02. The minimum absolute atomic E-state index is 0.100. The van der Waals surface area contributed by atoms with Gasteiger partial charge >= 0.3 is 17.9 Å². The van der Waals surface area contributed by atoms with Crippen molar-refractivity contribution in [3.63, 3.8) is 0 Å². The van der Waals surface area contributed by atoms with Crippen LogP contribution in [-0.4, -0.2) is 51.3 Å². The third kappa shape index (κ3) is 14.6. The van der Waals surface area contributed by atoms with Gasteiger partial charge in [0.2, 0.25) is 0 Å². The largest absolute Gasteiger partial charge is 0.478 e. The first-order valence-corrected chi connectivity index (χ1v) is 27.5. The highest BCUT2D eigenvalue weighted by Crippen LogP contribution is 2.30. The molecule has 0 bridgehead atoms. The summed E-state index contributed by atoms with van der Waals surface area (Å²) >= 11 is 6.80. The highest BCUT2D eigenvalue weighted by molar-refractivity contribution is 9.10. The molecule has 4 N–H and O–H groups in total. The number of halogens is 2. The van der Waals surface area contributed by atoms with Gasteiger partial charge < -0.3 is 34.8 Å². The number of nitrogens with two attached hydrogens (primary N) is 1. The molecule has 0 aliphatic carbocycles. The maximum Gasteiger partial charge on any atom is 0.338 e. The van der Waals surface area contributed by atoms with Crippen LogP contribution in [0.5, 0.6) is 0 Å². The maximum atomic E-state index is 13.0. The standard InChI is InChI=1S/C33H29BrN2O3.C25H21NO4.C8H10BrN/c1-3-39-33(38)25-10-8-24(9-11-25)30-7-5-4-6-28(30)21-36-19-18-26-20-27(14-17-31(26)36)32(37)35-22(2)23-12-15-29(34)16-13-23;1-2-30-25(29)18-9-7-17(8-10-18)22-6-4-3-5-21(22)16-26-14-13-19-15-20(24(27)28)11-12-23(19)26;1-6(10)7-2-4-8(9)5-3-7/h4-20,22H,3,21H2,1-2H3,(H,35,37);3-15H,2,16H2,1H3,(H,27,28);2-6H,10H2,1H3/t22-;;6-/m0.0/s1. The Bertz CT molecular complexity index is 3720. The van der Waals surface area contributed by atoms with Gasteiger partial charge in [-0.05, 0) is 169 Å². The predicted molar refractivity (Wildman–Crippen MR) is 321 cm³/mol. The average Bonchev–Trinajstić information content (AvgIpc) is 4.21. The van der Waals surface area contributed by atoms with Crippen LogP contribution in [0.25, 0.3) is 44.1 Å². The van der Waals surface area contributed by atoms with Gasteiger partial charge in [0.1, 0.15) is 0 Å². The summed E-state index contributed by atoms with van der Waals surface area (Å²) in [5.74, 6) is -1.67. The van der Waals surface area contributed by atoms with Crippen molar-refractivity contribution in [2.45, 2.75) is 52.9 Å². The minimum atomic E-state index is -0.929. The number of hydrogen-bond acceptors (Lipinski definition) is 7. The van der Waals surface area contributed by atoms with Gasteiger partial charge in [-0.2, -0.15) is 0 Å². The molecule has 0 radical (unpaired) electrons. The number of benzene rings is 8. The van der Waals surface area contributed by atoms with Crippen LogP contribution in [0.1, 0.15) is 103 Å². The van der Waals surface area contributed by atoms with Gasteiger partial charge in [-0.1, -0.05) is 129 Å². The Morgan fingerprint density at radius 2 is 0.924 bits per heavy atom. The normalized spacial score (nSPS) is 11.6. The molecule has 2 heterocycles. The first-order valence-electron chi connectivity index (χ1n) is 25.9. The molecule has 2 atom stereocenters. The smallest absolute Gasteiger partial charge is 0.338 e. The molecule has 0 saturated carbocycles. The van der Waals surface area contributed by atoms with E-state index in [2.05, 4.69) is 76.8 Å². The fraction of sp³-hybridized carbons (Fsp3) is 0.152. The molecular formula is C66H60Br2N4O7. The van der Waals surface area contributed by atoms with Gasteiger partial charge in [-0.25, -0.2) is 14.4 Å². The fourth-order valence-electron chi connectivity index (χ4n) is 9.08. The summed E-state index contributed by atoms with van der Waals surface area (Å²) in [4.78, 5) is 48.1. The van der Waals surface area contributed by atoms with E-state index in [1.807, 2.05) is 154 Å². The highest BCUT2D eigenvalue weighted by Gasteiger charge is 2.16. The molecule has 0 fully saturated rings. The number of carboxylic acid groups (broad SMARTS) is 1. The van der Waals surface area contributed by atoms with Crippen LogP contribution < -0.4 is 11.1 Å². The zero-order chi connectivity index (χ0) is 56.0. The van der Waals surface area contributed by atoms with Gasteiger partial charge in [-0.15, -0.1) is 0 Å². The number of aromatic nitrogens is 2. The van der Waals surface area contributed by atoms with Crippen LogP contribution in [0.3, 0.4) is 0 Å². The van der Waals surface area contributed by atoms with Gasteiger partial charge in [0, 0.05) is 67.8 Å². The Morgan fingerprint density at radius 3 is 1.35 bits per heavy atom. The zero-order valence-electron chi connectivity index (χ0n) is 44.2. The number of nitrogens with zero attached hydrogens (tertiary/aromatic N) is 2. The number of amides is 1. The first-order chi connectivity index (χ1) is 38.2. The van der Waals surface area contributed by atoms with Crippen LogP contribution in [0, 0.1) is 0 Å². The van der Waals surface area contributed by atoms with Gasteiger partial charge in [0.25, 0.3) is 5.91 Å².